The van der Waals surface area contributed by atoms with E-state index in [-0.39, 0.29) is 12.1 Å². The van der Waals surface area contributed by atoms with Crippen LogP contribution in [0.2, 0.25) is 5.02 Å². The third kappa shape index (κ3) is 3.29. The molecule has 25 heavy (non-hydrogen) atoms. The lowest BCUT2D eigenvalue weighted by atomic mass is 10.1. The number of hydrogen-bond acceptors (Lipinski definition) is 4. The van der Waals surface area contributed by atoms with Crippen LogP contribution in [0.3, 0.4) is 0 Å². The SMILES string of the molecule is CN1C=CN(Cc2ncccc2C2CC2)C1Nc1c(F)cccc1Cl. The second kappa shape index (κ2) is 6.56. The van der Waals surface area contributed by atoms with Gasteiger partial charge in [0.1, 0.15) is 5.82 Å². The van der Waals surface area contributed by atoms with E-state index in [0.29, 0.717) is 23.2 Å². The van der Waals surface area contributed by atoms with Crippen molar-refractivity contribution in [2.75, 3.05) is 12.4 Å². The van der Waals surface area contributed by atoms with E-state index in [1.54, 1.807) is 12.1 Å². The molecule has 1 aliphatic heterocycles. The summed E-state index contributed by atoms with van der Waals surface area (Å²) in [5.41, 5.74) is 2.72. The Morgan fingerprint density at radius 3 is 2.84 bits per heavy atom. The van der Waals surface area contributed by atoms with Gasteiger partial charge in [0.15, 0.2) is 6.29 Å². The maximum Gasteiger partial charge on any atom is 0.178 e. The second-order valence-corrected chi connectivity index (χ2v) is 6.97. The summed E-state index contributed by atoms with van der Waals surface area (Å²) >= 11 is 6.17. The zero-order valence-corrected chi connectivity index (χ0v) is 14.7. The summed E-state index contributed by atoms with van der Waals surface area (Å²) in [6, 6.07) is 8.86. The van der Waals surface area contributed by atoms with Crippen molar-refractivity contribution in [3.63, 3.8) is 0 Å². The van der Waals surface area contributed by atoms with Gasteiger partial charge in [0, 0.05) is 25.6 Å². The number of pyridine rings is 1. The summed E-state index contributed by atoms with van der Waals surface area (Å²) in [6.07, 6.45) is 8.05. The Kier molecular flexibility index (Phi) is 4.25. The second-order valence-electron chi connectivity index (χ2n) is 6.56. The van der Waals surface area contributed by atoms with Crippen LogP contribution in [-0.2, 0) is 6.54 Å². The third-order valence-corrected chi connectivity index (χ3v) is 5.02. The standard InChI is InChI=1S/C19H20ClFN4/c1-24-10-11-25(12-17-14(13-7-8-13)4-3-9-22-17)19(24)23-18-15(20)5-2-6-16(18)21/h2-6,9-11,13,19,23H,7-8,12H2,1H3. The normalized spacial score (nSPS) is 19.6. The Morgan fingerprint density at radius 2 is 2.08 bits per heavy atom. The van der Waals surface area contributed by atoms with Gasteiger partial charge in [0.05, 0.1) is 22.9 Å². The molecule has 1 unspecified atom stereocenters. The Balaban J connectivity index is 1.56. The number of hydrogen-bond donors (Lipinski definition) is 1. The number of nitrogens with zero attached hydrogens (tertiary/aromatic N) is 3. The van der Waals surface area contributed by atoms with Gasteiger partial charge in [0.25, 0.3) is 0 Å². The van der Waals surface area contributed by atoms with Crippen LogP contribution in [-0.4, -0.2) is 28.1 Å². The maximum atomic E-state index is 14.1. The fourth-order valence-corrected chi connectivity index (χ4v) is 3.42. The summed E-state index contributed by atoms with van der Waals surface area (Å²) < 4.78 is 14.1. The van der Waals surface area contributed by atoms with Crippen molar-refractivity contribution in [1.82, 2.24) is 14.8 Å². The Labute approximate surface area is 151 Å². The smallest absolute Gasteiger partial charge is 0.178 e. The number of rotatable bonds is 5. The zero-order valence-electron chi connectivity index (χ0n) is 14.0. The molecule has 2 aromatic rings. The molecule has 1 aromatic carbocycles. The molecule has 2 aliphatic rings. The first-order valence-electron chi connectivity index (χ1n) is 8.44. The van der Waals surface area contributed by atoms with Crippen LogP contribution in [0.25, 0.3) is 0 Å². The molecule has 0 amide bonds. The molecule has 1 atom stereocenters. The molecular formula is C19H20ClFN4. The number of aromatic nitrogens is 1. The first-order chi connectivity index (χ1) is 12.1. The van der Waals surface area contributed by atoms with Gasteiger partial charge in [-0.3, -0.25) is 4.98 Å². The van der Waals surface area contributed by atoms with E-state index in [9.17, 15) is 4.39 Å². The van der Waals surface area contributed by atoms with Gasteiger partial charge >= 0.3 is 0 Å². The summed E-state index contributed by atoms with van der Waals surface area (Å²) in [5, 5.41) is 3.59. The van der Waals surface area contributed by atoms with Crippen molar-refractivity contribution in [3.8, 4) is 0 Å². The van der Waals surface area contributed by atoms with E-state index < -0.39 is 0 Å². The van der Waals surface area contributed by atoms with Crippen molar-refractivity contribution in [1.29, 1.82) is 0 Å². The number of para-hydroxylation sites is 1. The highest BCUT2D eigenvalue weighted by molar-refractivity contribution is 6.33. The van der Waals surface area contributed by atoms with Crippen LogP contribution in [0, 0.1) is 5.82 Å². The molecule has 4 rings (SSSR count). The molecule has 1 N–H and O–H groups in total. The van der Waals surface area contributed by atoms with Gasteiger partial charge < -0.3 is 15.1 Å². The van der Waals surface area contributed by atoms with E-state index in [1.807, 2.05) is 36.6 Å². The van der Waals surface area contributed by atoms with Crippen molar-refractivity contribution < 1.29 is 4.39 Å². The number of benzene rings is 1. The average Bonchev–Trinajstić information content (AvgIpc) is 3.39. The van der Waals surface area contributed by atoms with Gasteiger partial charge in [-0.25, -0.2) is 4.39 Å². The first kappa shape index (κ1) is 16.2. The maximum absolute atomic E-state index is 14.1. The molecule has 0 radical (unpaired) electrons. The summed E-state index contributed by atoms with van der Waals surface area (Å²) in [5.74, 6) is 0.282. The molecular weight excluding hydrogens is 339 g/mol. The molecule has 6 heteroatoms. The van der Waals surface area contributed by atoms with Crippen LogP contribution in [0.1, 0.15) is 30.0 Å². The molecule has 1 aliphatic carbocycles. The molecule has 0 bridgehead atoms. The van der Waals surface area contributed by atoms with E-state index in [4.69, 9.17) is 11.6 Å². The van der Waals surface area contributed by atoms with E-state index in [0.717, 1.165) is 5.69 Å². The largest absolute Gasteiger partial charge is 0.345 e. The van der Waals surface area contributed by atoms with E-state index >= 15 is 0 Å². The molecule has 2 heterocycles. The monoisotopic (exact) mass is 358 g/mol. The zero-order chi connectivity index (χ0) is 17.4. The lowest BCUT2D eigenvalue weighted by Gasteiger charge is -2.32. The quantitative estimate of drug-likeness (QED) is 0.860. The van der Waals surface area contributed by atoms with E-state index in [1.165, 1.54) is 24.5 Å². The average molecular weight is 359 g/mol. The minimum absolute atomic E-state index is 0.219. The van der Waals surface area contributed by atoms with Crippen molar-refractivity contribution in [3.05, 3.63) is 71.0 Å². The predicted molar refractivity (Wildman–Crippen MR) is 97.5 cm³/mol. The lowest BCUT2D eigenvalue weighted by Crippen LogP contribution is -2.43. The van der Waals surface area contributed by atoms with Crippen LogP contribution in [0.5, 0.6) is 0 Å². The minimum Gasteiger partial charge on any atom is -0.345 e. The summed E-state index contributed by atoms with van der Waals surface area (Å²) in [4.78, 5) is 8.68. The predicted octanol–water partition coefficient (Wildman–Crippen LogP) is 4.37. The van der Waals surface area contributed by atoms with Crippen molar-refractivity contribution in [2.45, 2.75) is 31.6 Å². The number of halogens is 2. The lowest BCUT2D eigenvalue weighted by molar-refractivity contribution is 0.195. The topological polar surface area (TPSA) is 31.4 Å². The van der Waals surface area contributed by atoms with Gasteiger partial charge in [-0.15, -0.1) is 0 Å². The van der Waals surface area contributed by atoms with Gasteiger partial charge in [-0.1, -0.05) is 23.7 Å². The summed E-state index contributed by atoms with van der Waals surface area (Å²) in [6.45, 7) is 0.664. The van der Waals surface area contributed by atoms with Crippen LogP contribution < -0.4 is 5.32 Å². The van der Waals surface area contributed by atoms with Gasteiger partial charge in [0.2, 0.25) is 0 Å². The van der Waals surface area contributed by atoms with Gasteiger partial charge in [-0.2, -0.15) is 0 Å². The summed E-state index contributed by atoms with van der Waals surface area (Å²) in [7, 11) is 1.95. The van der Waals surface area contributed by atoms with Crippen molar-refractivity contribution in [2.24, 2.45) is 0 Å². The van der Waals surface area contributed by atoms with Crippen LogP contribution >= 0.6 is 11.6 Å². The highest BCUT2D eigenvalue weighted by Gasteiger charge is 2.30. The fraction of sp³-hybridized carbons (Fsp3) is 0.316. The third-order valence-electron chi connectivity index (χ3n) is 4.70. The molecule has 0 spiro atoms. The Morgan fingerprint density at radius 1 is 1.24 bits per heavy atom. The molecule has 4 nitrogen and oxygen atoms in total. The van der Waals surface area contributed by atoms with E-state index in [2.05, 4.69) is 21.3 Å². The van der Waals surface area contributed by atoms with Crippen LogP contribution in [0.15, 0.2) is 48.9 Å². The molecule has 0 saturated heterocycles. The molecule has 1 saturated carbocycles. The Hall–Kier alpha value is -2.27. The molecule has 130 valence electrons. The Bertz CT molecular complexity index is 786. The highest BCUT2D eigenvalue weighted by atomic mass is 35.5. The number of anilines is 1. The molecule has 1 aromatic heterocycles. The van der Waals surface area contributed by atoms with Crippen LogP contribution in [0.4, 0.5) is 10.1 Å². The minimum atomic E-state index is -0.357. The molecule has 1 fully saturated rings. The van der Waals surface area contributed by atoms with Crippen molar-refractivity contribution >= 4 is 17.3 Å². The first-order valence-corrected chi connectivity index (χ1v) is 8.81. The highest BCUT2D eigenvalue weighted by Crippen LogP contribution is 2.41. The fourth-order valence-electron chi connectivity index (χ4n) is 3.20. The van der Waals surface area contributed by atoms with Gasteiger partial charge in [-0.05, 0) is 42.5 Å². The number of nitrogens with one attached hydrogen (secondary N) is 1.